The number of hydrogen-bond acceptors (Lipinski definition) is 4. The fraction of sp³-hybridized carbons (Fsp3) is 0.385. The van der Waals surface area contributed by atoms with Gasteiger partial charge in [0.2, 0.25) is 0 Å². The molecule has 0 aliphatic heterocycles. The van der Waals surface area contributed by atoms with Gasteiger partial charge in [-0.05, 0) is 12.6 Å². The van der Waals surface area contributed by atoms with Gasteiger partial charge in [-0.15, -0.1) is 0 Å². The number of benzene rings is 1. The van der Waals surface area contributed by atoms with Crippen molar-refractivity contribution >= 4 is 16.9 Å². The number of nitrogens with one attached hydrogen (secondary N) is 1. The van der Waals surface area contributed by atoms with Crippen LogP contribution in [0.25, 0.3) is 10.9 Å². The van der Waals surface area contributed by atoms with E-state index in [4.69, 9.17) is 4.74 Å². The van der Waals surface area contributed by atoms with Crippen molar-refractivity contribution in [2.24, 2.45) is 0 Å². The molecule has 1 aromatic heterocycles. The van der Waals surface area contributed by atoms with Crippen LogP contribution in [0.2, 0.25) is 0 Å². The van der Waals surface area contributed by atoms with Crippen molar-refractivity contribution in [3.05, 3.63) is 30.5 Å². The third kappa shape index (κ3) is 2.51. The molecule has 1 aromatic carbocycles. The number of rotatable bonds is 5. The van der Waals surface area contributed by atoms with Gasteiger partial charge in [-0.1, -0.05) is 25.1 Å². The van der Waals surface area contributed by atoms with Gasteiger partial charge in [-0.3, -0.25) is 9.48 Å². The second-order valence-electron chi connectivity index (χ2n) is 4.02. The number of aromatic nitrogens is 2. The summed E-state index contributed by atoms with van der Waals surface area (Å²) >= 11 is 0. The molecule has 18 heavy (non-hydrogen) atoms. The monoisotopic (exact) mass is 247 g/mol. The lowest BCUT2D eigenvalue weighted by molar-refractivity contribution is -0.143. The third-order valence-corrected chi connectivity index (χ3v) is 2.84. The van der Waals surface area contributed by atoms with Crippen molar-refractivity contribution in [3.8, 4) is 0 Å². The lowest BCUT2D eigenvalue weighted by Gasteiger charge is -2.15. The second kappa shape index (κ2) is 5.64. The predicted octanol–water partition coefficient (Wildman–Crippen LogP) is 1.19. The maximum atomic E-state index is 11.6. The minimum Gasteiger partial charge on any atom is -0.468 e. The summed E-state index contributed by atoms with van der Waals surface area (Å²) in [7, 11) is 1.40. The zero-order chi connectivity index (χ0) is 13.0. The van der Waals surface area contributed by atoms with E-state index in [9.17, 15) is 4.79 Å². The molecule has 96 valence electrons. The van der Waals surface area contributed by atoms with Crippen molar-refractivity contribution in [1.29, 1.82) is 0 Å². The number of carbonyl (C=O) groups is 1. The minimum atomic E-state index is -0.372. The molecule has 0 aliphatic carbocycles. The van der Waals surface area contributed by atoms with Gasteiger partial charge >= 0.3 is 5.97 Å². The number of nitrogens with zero attached hydrogens (tertiary/aromatic N) is 2. The molecule has 0 bridgehead atoms. The van der Waals surface area contributed by atoms with Crippen LogP contribution in [0, 0.1) is 0 Å². The van der Waals surface area contributed by atoms with Crippen LogP contribution in [0.1, 0.15) is 6.92 Å². The number of esters is 1. The molecule has 0 aliphatic rings. The zero-order valence-electron chi connectivity index (χ0n) is 10.6. The Hall–Kier alpha value is -1.88. The lowest BCUT2D eigenvalue weighted by atomic mass is 10.2. The van der Waals surface area contributed by atoms with E-state index in [1.165, 1.54) is 7.11 Å². The van der Waals surface area contributed by atoms with E-state index >= 15 is 0 Å². The Labute approximate surface area is 106 Å². The molecular weight excluding hydrogens is 230 g/mol. The summed E-state index contributed by atoms with van der Waals surface area (Å²) in [4.78, 5) is 11.6. The fourth-order valence-corrected chi connectivity index (χ4v) is 1.96. The van der Waals surface area contributed by atoms with Gasteiger partial charge in [0.25, 0.3) is 0 Å². The van der Waals surface area contributed by atoms with E-state index < -0.39 is 0 Å². The van der Waals surface area contributed by atoms with Crippen LogP contribution in [0.5, 0.6) is 0 Å². The van der Waals surface area contributed by atoms with Gasteiger partial charge in [0.1, 0.15) is 6.04 Å². The van der Waals surface area contributed by atoms with Crippen LogP contribution in [0.15, 0.2) is 30.5 Å². The largest absolute Gasteiger partial charge is 0.468 e. The maximum Gasteiger partial charge on any atom is 0.324 e. The van der Waals surface area contributed by atoms with Crippen molar-refractivity contribution in [2.75, 3.05) is 13.7 Å². The van der Waals surface area contributed by atoms with E-state index in [2.05, 4.69) is 10.4 Å². The van der Waals surface area contributed by atoms with Crippen LogP contribution >= 0.6 is 0 Å². The quantitative estimate of drug-likeness (QED) is 0.806. The Morgan fingerprint density at radius 1 is 1.50 bits per heavy atom. The van der Waals surface area contributed by atoms with E-state index in [1.807, 2.05) is 35.9 Å². The maximum absolute atomic E-state index is 11.6. The van der Waals surface area contributed by atoms with Gasteiger partial charge in [0, 0.05) is 5.39 Å². The topological polar surface area (TPSA) is 56.2 Å². The summed E-state index contributed by atoms with van der Waals surface area (Å²) in [5.74, 6) is -0.267. The molecule has 2 rings (SSSR count). The van der Waals surface area contributed by atoms with E-state index in [0.717, 1.165) is 10.9 Å². The summed E-state index contributed by atoms with van der Waals surface area (Å²) < 4.78 is 6.60. The molecule has 1 heterocycles. The van der Waals surface area contributed by atoms with Gasteiger partial charge < -0.3 is 10.1 Å². The first-order chi connectivity index (χ1) is 8.76. The van der Waals surface area contributed by atoms with E-state index in [1.54, 1.807) is 6.20 Å². The number of likely N-dealkylation sites (N-methyl/N-ethyl adjacent to an activating group) is 1. The molecule has 0 amide bonds. The highest BCUT2D eigenvalue weighted by Crippen LogP contribution is 2.13. The van der Waals surface area contributed by atoms with Crippen molar-refractivity contribution in [1.82, 2.24) is 15.1 Å². The summed E-state index contributed by atoms with van der Waals surface area (Å²) in [6.45, 7) is 3.13. The molecule has 0 saturated heterocycles. The fourth-order valence-electron chi connectivity index (χ4n) is 1.96. The van der Waals surface area contributed by atoms with Crippen LogP contribution in [-0.4, -0.2) is 35.4 Å². The molecule has 1 unspecified atom stereocenters. The average Bonchev–Trinajstić information content (AvgIpc) is 2.81. The molecule has 5 nitrogen and oxygen atoms in total. The zero-order valence-corrected chi connectivity index (χ0v) is 10.6. The Balaban J connectivity index is 2.23. The van der Waals surface area contributed by atoms with Gasteiger partial charge in [0.15, 0.2) is 0 Å². The summed E-state index contributed by atoms with van der Waals surface area (Å²) in [6.07, 6.45) is 1.80. The predicted molar refractivity (Wildman–Crippen MR) is 69.2 cm³/mol. The number of para-hydroxylation sites is 1. The highest BCUT2D eigenvalue weighted by Gasteiger charge is 2.19. The minimum absolute atomic E-state index is 0.267. The first kappa shape index (κ1) is 12.6. The van der Waals surface area contributed by atoms with Gasteiger partial charge in [0.05, 0.1) is 25.4 Å². The SMILES string of the molecule is CCNC(Cn1ncc2ccccc21)C(=O)OC. The first-order valence-electron chi connectivity index (χ1n) is 5.98. The smallest absolute Gasteiger partial charge is 0.324 e. The Morgan fingerprint density at radius 2 is 2.28 bits per heavy atom. The van der Waals surface area contributed by atoms with E-state index in [-0.39, 0.29) is 12.0 Å². The number of carbonyl (C=O) groups excluding carboxylic acids is 1. The van der Waals surface area contributed by atoms with Crippen molar-refractivity contribution < 1.29 is 9.53 Å². The molecule has 0 fully saturated rings. The molecular formula is C13H17N3O2. The molecule has 1 N–H and O–H groups in total. The number of fused-ring (bicyclic) bond motifs is 1. The molecule has 2 aromatic rings. The number of methoxy groups -OCH3 is 1. The van der Waals surface area contributed by atoms with Crippen molar-refractivity contribution in [2.45, 2.75) is 19.5 Å². The standard InChI is InChI=1S/C13H17N3O2/c1-3-14-11(13(17)18-2)9-16-12-7-5-4-6-10(12)8-15-16/h4-8,11,14H,3,9H2,1-2H3. The molecule has 0 spiro atoms. The van der Waals surface area contributed by atoms with Gasteiger partial charge in [-0.2, -0.15) is 5.10 Å². The molecule has 5 heteroatoms. The highest BCUT2D eigenvalue weighted by atomic mass is 16.5. The van der Waals surface area contributed by atoms with Crippen molar-refractivity contribution in [3.63, 3.8) is 0 Å². The third-order valence-electron chi connectivity index (χ3n) is 2.84. The summed E-state index contributed by atoms with van der Waals surface area (Å²) in [5.41, 5.74) is 1.02. The first-order valence-corrected chi connectivity index (χ1v) is 5.98. The number of ether oxygens (including phenoxy) is 1. The Morgan fingerprint density at radius 3 is 3.00 bits per heavy atom. The Bertz CT molecular complexity index is 536. The molecule has 0 radical (unpaired) electrons. The average molecular weight is 247 g/mol. The van der Waals surface area contributed by atoms with Crippen LogP contribution in [0.3, 0.4) is 0 Å². The highest BCUT2D eigenvalue weighted by molar-refractivity contribution is 5.79. The summed E-state index contributed by atoms with van der Waals surface area (Å²) in [6, 6.07) is 7.54. The summed E-state index contributed by atoms with van der Waals surface area (Å²) in [5, 5.41) is 8.47. The Kier molecular flexibility index (Phi) is 3.94. The van der Waals surface area contributed by atoms with Crippen LogP contribution < -0.4 is 5.32 Å². The van der Waals surface area contributed by atoms with E-state index in [0.29, 0.717) is 13.1 Å². The van der Waals surface area contributed by atoms with Crippen LogP contribution in [-0.2, 0) is 16.1 Å². The molecule has 0 saturated carbocycles. The number of hydrogen-bond donors (Lipinski definition) is 1. The lowest BCUT2D eigenvalue weighted by Crippen LogP contribution is -2.41. The van der Waals surface area contributed by atoms with Gasteiger partial charge in [-0.25, -0.2) is 0 Å². The van der Waals surface area contributed by atoms with Crippen LogP contribution in [0.4, 0.5) is 0 Å². The normalized spacial score (nSPS) is 12.6. The second-order valence-corrected chi connectivity index (χ2v) is 4.02. The molecule has 1 atom stereocenters.